The molecule has 1 unspecified atom stereocenters. The number of nitrogens with one attached hydrogen (secondary N) is 2. The van der Waals surface area contributed by atoms with Crippen molar-refractivity contribution >= 4 is 12.0 Å². The predicted molar refractivity (Wildman–Crippen MR) is 92.1 cm³/mol. The van der Waals surface area contributed by atoms with E-state index in [0.29, 0.717) is 36.2 Å². The van der Waals surface area contributed by atoms with Crippen molar-refractivity contribution in [2.75, 3.05) is 25.5 Å². The van der Waals surface area contributed by atoms with Crippen LogP contribution in [-0.2, 0) is 0 Å². The largest absolute Gasteiger partial charge is 0.486 e. The number of rotatable bonds is 4. The number of hydrogen-bond acceptors (Lipinski definition) is 6. The normalized spacial score (nSPS) is 15.5. The first-order valence-electron chi connectivity index (χ1n) is 8.06. The lowest BCUT2D eigenvalue weighted by Crippen LogP contribution is -2.43. The number of furan rings is 1. The topological polar surface area (TPSA) is 106 Å². The van der Waals surface area contributed by atoms with E-state index in [9.17, 15) is 4.79 Å². The number of aromatic amines is 1. The van der Waals surface area contributed by atoms with E-state index in [1.54, 1.807) is 19.2 Å². The third-order valence-electron chi connectivity index (χ3n) is 3.85. The Hall–Kier alpha value is -3.49. The molecule has 0 saturated carbocycles. The maximum Gasteiger partial charge on any atom is 0.324 e. The molecule has 1 atom stereocenters. The fourth-order valence-electron chi connectivity index (χ4n) is 2.57. The number of aromatic nitrogens is 3. The Kier molecular flexibility index (Phi) is 4.18. The van der Waals surface area contributed by atoms with Gasteiger partial charge in [-0.1, -0.05) is 12.1 Å². The Balaban J connectivity index is 1.34. The molecular weight excluding hydrogens is 338 g/mol. The average Bonchev–Trinajstić information content (AvgIpc) is 3.33. The molecule has 3 aromatic rings. The fourth-order valence-corrected chi connectivity index (χ4v) is 2.57. The average molecular weight is 355 g/mol. The standard InChI is InChI=1S/C17H17N5O4/c1-22(9-11-10-25-12-5-2-3-6-13(12)26-11)17(23)19-16-18-15(20-21-16)14-7-4-8-24-14/h2-8,11H,9-10H2,1H3,(H2,18,19,20,21,23). The molecule has 0 fully saturated rings. The maximum atomic E-state index is 12.3. The van der Waals surface area contributed by atoms with E-state index in [1.807, 2.05) is 24.3 Å². The summed E-state index contributed by atoms with van der Waals surface area (Å²) in [6.45, 7) is 0.730. The minimum Gasteiger partial charge on any atom is -0.486 e. The molecular formula is C17H17N5O4. The van der Waals surface area contributed by atoms with E-state index in [0.717, 1.165) is 0 Å². The summed E-state index contributed by atoms with van der Waals surface area (Å²) in [6, 6.07) is 10.6. The second-order valence-electron chi connectivity index (χ2n) is 5.79. The molecule has 9 heteroatoms. The molecule has 4 rings (SSSR count). The van der Waals surface area contributed by atoms with Gasteiger partial charge in [-0.2, -0.15) is 4.98 Å². The highest BCUT2D eigenvalue weighted by atomic mass is 16.6. The summed E-state index contributed by atoms with van der Waals surface area (Å²) < 4.78 is 16.7. The zero-order valence-corrected chi connectivity index (χ0v) is 14.0. The first-order valence-corrected chi connectivity index (χ1v) is 8.06. The lowest BCUT2D eigenvalue weighted by atomic mass is 10.2. The number of urea groups is 1. The second-order valence-corrected chi connectivity index (χ2v) is 5.79. The molecule has 1 aromatic carbocycles. The lowest BCUT2D eigenvalue weighted by molar-refractivity contribution is 0.0731. The predicted octanol–water partition coefficient (Wildman–Crippen LogP) is 2.37. The number of nitrogens with zero attached hydrogens (tertiary/aromatic N) is 3. The van der Waals surface area contributed by atoms with E-state index >= 15 is 0 Å². The smallest absolute Gasteiger partial charge is 0.324 e. The monoisotopic (exact) mass is 355 g/mol. The number of anilines is 1. The van der Waals surface area contributed by atoms with Gasteiger partial charge < -0.3 is 18.8 Å². The van der Waals surface area contributed by atoms with Crippen molar-refractivity contribution in [2.24, 2.45) is 0 Å². The van der Waals surface area contributed by atoms with Gasteiger partial charge in [0.1, 0.15) is 6.61 Å². The Morgan fingerprint density at radius 3 is 2.96 bits per heavy atom. The Morgan fingerprint density at radius 1 is 1.31 bits per heavy atom. The number of ether oxygens (including phenoxy) is 2. The van der Waals surface area contributed by atoms with Crippen LogP contribution in [0.1, 0.15) is 0 Å². The van der Waals surface area contributed by atoms with E-state index < -0.39 is 0 Å². The Morgan fingerprint density at radius 2 is 2.15 bits per heavy atom. The summed E-state index contributed by atoms with van der Waals surface area (Å²) >= 11 is 0. The van der Waals surface area contributed by atoms with E-state index in [2.05, 4.69) is 20.5 Å². The molecule has 26 heavy (non-hydrogen) atoms. The van der Waals surface area contributed by atoms with E-state index in [-0.39, 0.29) is 18.1 Å². The first kappa shape index (κ1) is 16.0. The number of carbonyl (C=O) groups is 1. The zero-order chi connectivity index (χ0) is 17.9. The van der Waals surface area contributed by atoms with Gasteiger partial charge in [0, 0.05) is 7.05 Å². The number of hydrogen-bond donors (Lipinski definition) is 2. The summed E-state index contributed by atoms with van der Waals surface area (Å²) in [7, 11) is 1.67. The van der Waals surface area contributed by atoms with Crippen molar-refractivity contribution in [2.45, 2.75) is 6.10 Å². The van der Waals surface area contributed by atoms with Crippen LogP contribution in [0.3, 0.4) is 0 Å². The molecule has 0 saturated heterocycles. The Labute approximate surface area is 148 Å². The minimum atomic E-state index is -0.350. The number of fused-ring (bicyclic) bond motifs is 1. The number of benzene rings is 1. The number of H-pyrrole nitrogens is 1. The third-order valence-corrected chi connectivity index (χ3v) is 3.85. The van der Waals surface area contributed by atoms with Crippen LogP contribution in [0.4, 0.5) is 10.7 Å². The molecule has 1 aliphatic heterocycles. The van der Waals surface area contributed by atoms with E-state index in [1.165, 1.54) is 11.2 Å². The molecule has 2 aromatic heterocycles. The van der Waals surface area contributed by atoms with Crippen molar-refractivity contribution in [1.82, 2.24) is 20.1 Å². The highest BCUT2D eigenvalue weighted by molar-refractivity contribution is 5.87. The molecule has 0 bridgehead atoms. The van der Waals surface area contributed by atoms with Crippen LogP contribution >= 0.6 is 0 Å². The molecule has 1 aliphatic rings. The summed E-state index contributed by atoms with van der Waals surface area (Å²) in [4.78, 5) is 18.0. The van der Waals surface area contributed by atoms with Crippen LogP contribution in [0.25, 0.3) is 11.6 Å². The molecule has 2 N–H and O–H groups in total. The van der Waals surface area contributed by atoms with Gasteiger partial charge in [0.15, 0.2) is 29.2 Å². The van der Waals surface area contributed by atoms with Gasteiger partial charge in [0.2, 0.25) is 0 Å². The second kappa shape index (κ2) is 6.79. The molecule has 0 aliphatic carbocycles. The zero-order valence-electron chi connectivity index (χ0n) is 14.0. The van der Waals surface area contributed by atoms with Crippen molar-refractivity contribution in [3.05, 3.63) is 42.7 Å². The summed E-state index contributed by atoms with van der Waals surface area (Å²) in [5.41, 5.74) is 0. The SMILES string of the molecule is CN(CC1COc2ccccc2O1)C(=O)Nc1n[nH]c(-c2ccco2)n1. The van der Waals surface area contributed by atoms with Crippen LogP contribution in [-0.4, -0.2) is 52.4 Å². The van der Waals surface area contributed by atoms with Crippen molar-refractivity contribution in [3.8, 4) is 23.1 Å². The first-order chi connectivity index (χ1) is 12.7. The van der Waals surface area contributed by atoms with Crippen molar-refractivity contribution < 1.29 is 18.7 Å². The molecule has 9 nitrogen and oxygen atoms in total. The van der Waals surface area contributed by atoms with Gasteiger partial charge in [-0.3, -0.25) is 10.4 Å². The summed E-state index contributed by atoms with van der Waals surface area (Å²) in [6.07, 6.45) is 1.28. The molecule has 3 heterocycles. The fraction of sp³-hybridized carbons (Fsp3) is 0.235. The lowest BCUT2D eigenvalue weighted by Gasteiger charge is -2.29. The molecule has 0 radical (unpaired) electrons. The van der Waals surface area contributed by atoms with Crippen molar-refractivity contribution in [3.63, 3.8) is 0 Å². The van der Waals surface area contributed by atoms with E-state index in [4.69, 9.17) is 13.9 Å². The third kappa shape index (κ3) is 3.32. The number of amides is 2. The summed E-state index contributed by atoms with van der Waals surface area (Å²) in [5.74, 6) is 2.53. The quantitative estimate of drug-likeness (QED) is 0.744. The highest BCUT2D eigenvalue weighted by Crippen LogP contribution is 2.30. The van der Waals surface area contributed by atoms with Gasteiger partial charge in [-0.15, -0.1) is 5.10 Å². The van der Waals surface area contributed by atoms with Crippen LogP contribution in [0, 0.1) is 0 Å². The molecule has 134 valence electrons. The minimum absolute atomic E-state index is 0.166. The van der Waals surface area contributed by atoms with Crippen LogP contribution in [0.2, 0.25) is 0 Å². The highest BCUT2D eigenvalue weighted by Gasteiger charge is 2.24. The maximum absolute atomic E-state index is 12.3. The molecule has 2 amide bonds. The number of likely N-dealkylation sites (N-methyl/N-ethyl adjacent to an activating group) is 1. The van der Waals surface area contributed by atoms with Gasteiger partial charge in [-0.05, 0) is 24.3 Å². The Bertz CT molecular complexity index is 892. The molecule has 0 spiro atoms. The van der Waals surface area contributed by atoms with Crippen LogP contribution < -0.4 is 14.8 Å². The van der Waals surface area contributed by atoms with Crippen molar-refractivity contribution in [1.29, 1.82) is 0 Å². The number of carbonyl (C=O) groups excluding carboxylic acids is 1. The van der Waals surface area contributed by atoms with Gasteiger partial charge >= 0.3 is 6.03 Å². The number of para-hydroxylation sites is 2. The van der Waals surface area contributed by atoms with Crippen LogP contribution in [0.15, 0.2) is 47.1 Å². The van der Waals surface area contributed by atoms with Gasteiger partial charge in [0.05, 0.1) is 12.8 Å². The van der Waals surface area contributed by atoms with Gasteiger partial charge in [0.25, 0.3) is 5.95 Å². The van der Waals surface area contributed by atoms with Gasteiger partial charge in [-0.25, -0.2) is 4.79 Å². The van der Waals surface area contributed by atoms with Crippen LogP contribution in [0.5, 0.6) is 11.5 Å². The summed E-state index contributed by atoms with van der Waals surface area (Å²) in [5, 5.41) is 9.30.